The summed E-state index contributed by atoms with van der Waals surface area (Å²) < 4.78 is 0. The van der Waals surface area contributed by atoms with Crippen molar-refractivity contribution in [3.05, 3.63) is 22.7 Å². The third-order valence-electron chi connectivity index (χ3n) is 3.19. The van der Waals surface area contributed by atoms with Crippen molar-refractivity contribution >= 4 is 23.0 Å². The summed E-state index contributed by atoms with van der Waals surface area (Å²) >= 11 is 6.15. The number of aliphatic hydroxyl groups is 1. The maximum Gasteiger partial charge on any atom is 0.0993 e. The smallest absolute Gasteiger partial charge is 0.0993 e. The first-order valence-corrected chi connectivity index (χ1v) is 6.08. The van der Waals surface area contributed by atoms with Gasteiger partial charge in [0.05, 0.1) is 34.1 Å². The van der Waals surface area contributed by atoms with Crippen LogP contribution in [0.25, 0.3) is 0 Å². The molecule has 5 N–H and O–H groups in total. The van der Waals surface area contributed by atoms with Crippen LogP contribution in [0.1, 0.15) is 12.0 Å². The van der Waals surface area contributed by atoms with Crippen molar-refractivity contribution < 1.29 is 5.11 Å². The normalized spacial score (nSPS) is 23.8. The van der Waals surface area contributed by atoms with Crippen LogP contribution in [0.5, 0.6) is 0 Å². The second kappa shape index (κ2) is 5.02. The van der Waals surface area contributed by atoms with Crippen molar-refractivity contribution in [2.75, 3.05) is 23.7 Å². The van der Waals surface area contributed by atoms with Crippen molar-refractivity contribution in [3.8, 4) is 6.07 Å². The van der Waals surface area contributed by atoms with Crippen LogP contribution in [-0.4, -0.2) is 30.3 Å². The predicted octanol–water partition coefficient (Wildman–Crippen LogP) is 0.692. The van der Waals surface area contributed by atoms with Crippen LogP contribution < -0.4 is 16.4 Å². The molecule has 0 amide bonds. The second-order valence-electron chi connectivity index (χ2n) is 4.48. The number of nitrogens with zero attached hydrogens (tertiary/aromatic N) is 2. The van der Waals surface area contributed by atoms with E-state index in [1.54, 1.807) is 6.07 Å². The number of nitriles is 1. The molecule has 0 aromatic heterocycles. The highest BCUT2D eigenvalue weighted by atomic mass is 35.5. The molecular formula is C12H15ClN4O. The van der Waals surface area contributed by atoms with Crippen molar-refractivity contribution in [1.29, 1.82) is 5.26 Å². The highest BCUT2D eigenvalue weighted by Gasteiger charge is 2.26. The van der Waals surface area contributed by atoms with Gasteiger partial charge in [-0.3, -0.25) is 0 Å². The van der Waals surface area contributed by atoms with Crippen LogP contribution in [0.3, 0.4) is 0 Å². The number of β-amino-alcohol motifs (C(OH)–C–C–N with tert-alkyl or cyclic N) is 1. The zero-order valence-corrected chi connectivity index (χ0v) is 10.6. The van der Waals surface area contributed by atoms with E-state index in [1.165, 1.54) is 6.07 Å². The summed E-state index contributed by atoms with van der Waals surface area (Å²) in [5, 5.41) is 19.1. The molecule has 1 aromatic carbocycles. The number of rotatable bonds is 1. The number of nitrogen functional groups attached to an aromatic ring is 1. The van der Waals surface area contributed by atoms with E-state index in [9.17, 15) is 5.11 Å². The summed E-state index contributed by atoms with van der Waals surface area (Å²) in [5.74, 6) is 0. The molecule has 5 nitrogen and oxygen atoms in total. The SMILES string of the molecule is N#Cc1cc(N)c(Cl)c(N2CC[C@@H](N)[C@H](O)C2)c1. The molecule has 1 heterocycles. The first kappa shape index (κ1) is 13.0. The van der Waals surface area contributed by atoms with Crippen molar-refractivity contribution in [3.63, 3.8) is 0 Å². The summed E-state index contributed by atoms with van der Waals surface area (Å²) in [5.41, 5.74) is 13.0. The summed E-state index contributed by atoms with van der Waals surface area (Å²) in [6, 6.07) is 5.05. The van der Waals surface area contributed by atoms with Gasteiger partial charge in [-0.15, -0.1) is 0 Å². The van der Waals surface area contributed by atoms with Gasteiger partial charge in [-0.1, -0.05) is 11.6 Å². The Morgan fingerprint density at radius 3 is 2.83 bits per heavy atom. The fourth-order valence-electron chi connectivity index (χ4n) is 2.09. The lowest BCUT2D eigenvalue weighted by atomic mass is 10.0. The van der Waals surface area contributed by atoms with E-state index < -0.39 is 6.10 Å². The Morgan fingerprint density at radius 1 is 1.50 bits per heavy atom. The van der Waals surface area contributed by atoms with E-state index in [2.05, 4.69) is 0 Å². The molecule has 0 saturated carbocycles. The first-order valence-electron chi connectivity index (χ1n) is 5.70. The quantitative estimate of drug-likeness (QED) is 0.650. The minimum absolute atomic E-state index is 0.212. The van der Waals surface area contributed by atoms with Gasteiger partial charge in [-0.25, -0.2) is 0 Å². The number of halogens is 1. The Labute approximate surface area is 111 Å². The topological polar surface area (TPSA) is 99.3 Å². The summed E-state index contributed by atoms with van der Waals surface area (Å²) in [6.07, 6.45) is 0.0792. The van der Waals surface area contributed by atoms with Crippen LogP contribution >= 0.6 is 11.6 Å². The number of hydrogen-bond acceptors (Lipinski definition) is 5. The van der Waals surface area contributed by atoms with Gasteiger partial charge in [0.1, 0.15) is 0 Å². The molecule has 0 spiro atoms. The Bertz CT molecular complexity index is 500. The minimum atomic E-state index is -0.596. The predicted molar refractivity (Wildman–Crippen MR) is 71.4 cm³/mol. The van der Waals surface area contributed by atoms with Gasteiger partial charge in [0, 0.05) is 19.1 Å². The van der Waals surface area contributed by atoms with E-state index in [4.69, 9.17) is 28.3 Å². The third kappa shape index (κ3) is 2.36. The average Bonchev–Trinajstić information content (AvgIpc) is 2.36. The van der Waals surface area contributed by atoms with Gasteiger partial charge in [0.15, 0.2) is 0 Å². The zero-order chi connectivity index (χ0) is 13.3. The first-order chi connectivity index (χ1) is 8.52. The highest BCUT2D eigenvalue weighted by Crippen LogP contribution is 2.34. The molecule has 1 saturated heterocycles. The van der Waals surface area contributed by atoms with E-state index in [1.807, 2.05) is 11.0 Å². The van der Waals surface area contributed by atoms with E-state index >= 15 is 0 Å². The molecule has 1 aliphatic heterocycles. The maximum atomic E-state index is 9.79. The molecule has 18 heavy (non-hydrogen) atoms. The fraction of sp³-hybridized carbons (Fsp3) is 0.417. The molecule has 1 aromatic rings. The van der Waals surface area contributed by atoms with Crippen LogP contribution in [0.4, 0.5) is 11.4 Å². The Balaban J connectivity index is 2.34. The summed E-state index contributed by atoms with van der Waals surface area (Å²) in [7, 11) is 0. The van der Waals surface area contributed by atoms with Crippen molar-refractivity contribution in [2.24, 2.45) is 5.73 Å². The molecular weight excluding hydrogens is 252 g/mol. The number of aliphatic hydroxyl groups excluding tert-OH is 1. The maximum absolute atomic E-state index is 9.79. The van der Waals surface area contributed by atoms with Gasteiger partial charge < -0.3 is 21.5 Å². The average molecular weight is 267 g/mol. The second-order valence-corrected chi connectivity index (χ2v) is 4.85. The highest BCUT2D eigenvalue weighted by molar-refractivity contribution is 6.35. The lowest BCUT2D eigenvalue weighted by Crippen LogP contribution is -2.50. The largest absolute Gasteiger partial charge is 0.397 e. The van der Waals surface area contributed by atoms with Crippen LogP contribution in [0.15, 0.2) is 12.1 Å². The third-order valence-corrected chi connectivity index (χ3v) is 3.60. The number of anilines is 2. The van der Waals surface area contributed by atoms with Crippen molar-refractivity contribution in [2.45, 2.75) is 18.6 Å². The monoisotopic (exact) mass is 266 g/mol. The van der Waals surface area contributed by atoms with Crippen LogP contribution in [-0.2, 0) is 0 Å². The standard InChI is InChI=1S/C12H15ClN4O/c13-12-9(16)3-7(5-14)4-10(12)17-2-1-8(15)11(18)6-17/h3-4,8,11,18H,1-2,6,15-16H2/t8-,11-/m1/s1. The molecule has 96 valence electrons. The van der Waals surface area contributed by atoms with E-state index in [0.717, 1.165) is 0 Å². The number of benzene rings is 1. The fourth-order valence-corrected chi connectivity index (χ4v) is 2.32. The molecule has 0 bridgehead atoms. The molecule has 2 atom stereocenters. The summed E-state index contributed by atoms with van der Waals surface area (Å²) in [6.45, 7) is 1.08. The van der Waals surface area contributed by atoms with Crippen LogP contribution in [0, 0.1) is 11.3 Å². The van der Waals surface area contributed by atoms with Gasteiger partial charge >= 0.3 is 0 Å². The zero-order valence-electron chi connectivity index (χ0n) is 9.81. The van der Waals surface area contributed by atoms with Crippen LogP contribution in [0.2, 0.25) is 5.02 Å². The minimum Gasteiger partial charge on any atom is -0.397 e. The number of nitrogens with two attached hydrogens (primary N) is 2. The van der Waals surface area contributed by atoms with Gasteiger partial charge in [0.25, 0.3) is 0 Å². The van der Waals surface area contributed by atoms with E-state index in [-0.39, 0.29) is 6.04 Å². The number of piperidine rings is 1. The Morgan fingerprint density at radius 2 is 2.22 bits per heavy atom. The van der Waals surface area contributed by atoms with E-state index in [0.29, 0.717) is 41.5 Å². The molecule has 6 heteroatoms. The van der Waals surface area contributed by atoms with Gasteiger partial charge in [-0.2, -0.15) is 5.26 Å². The molecule has 2 rings (SSSR count). The Kier molecular flexibility index (Phi) is 3.62. The molecule has 0 aliphatic carbocycles. The van der Waals surface area contributed by atoms with Gasteiger partial charge in [0.2, 0.25) is 0 Å². The van der Waals surface area contributed by atoms with Gasteiger partial charge in [-0.05, 0) is 18.6 Å². The molecule has 0 unspecified atom stereocenters. The Hall–Kier alpha value is -1.48. The summed E-state index contributed by atoms with van der Waals surface area (Å²) in [4.78, 5) is 1.91. The lowest BCUT2D eigenvalue weighted by Gasteiger charge is -2.36. The molecule has 0 radical (unpaired) electrons. The molecule has 1 fully saturated rings. The van der Waals surface area contributed by atoms with Crippen molar-refractivity contribution in [1.82, 2.24) is 0 Å². The number of hydrogen-bond donors (Lipinski definition) is 3. The lowest BCUT2D eigenvalue weighted by molar-refractivity contribution is 0.132. The molecule has 1 aliphatic rings.